The van der Waals surface area contributed by atoms with Crippen LogP contribution in [0.2, 0.25) is 0 Å². The average Bonchev–Trinajstić information content (AvgIpc) is 2.09. The van der Waals surface area contributed by atoms with Crippen LogP contribution in [0.1, 0.15) is 5.56 Å². The third kappa shape index (κ3) is 4.65. The van der Waals surface area contributed by atoms with Gasteiger partial charge in [0.05, 0.1) is 0 Å². The Morgan fingerprint density at radius 3 is 2.46 bits per heavy atom. The minimum atomic E-state index is -0.192. The molecule has 0 fully saturated rings. The molecule has 0 radical (unpaired) electrons. The van der Waals surface area contributed by atoms with E-state index >= 15 is 0 Å². The van der Waals surface area contributed by atoms with Crippen molar-refractivity contribution >= 4 is 0 Å². The van der Waals surface area contributed by atoms with Crippen LogP contribution in [-0.4, -0.2) is 6.54 Å². The van der Waals surface area contributed by atoms with Gasteiger partial charge in [-0.25, -0.2) is 4.39 Å². The number of hydrogen-bond acceptors (Lipinski definition) is 1. The molecule has 0 aromatic heterocycles. The summed E-state index contributed by atoms with van der Waals surface area (Å²) in [5, 5.41) is 3.13. The molecule has 1 aromatic rings. The number of nitrogens with one attached hydrogen (secondary N) is 1. The molecule has 72 valence electrons. The summed E-state index contributed by atoms with van der Waals surface area (Å²) in [7, 11) is 0. The molecule has 0 heterocycles. The van der Waals surface area contributed by atoms with Gasteiger partial charge in [0, 0.05) is 13.1 Å². The van der Waals surface area contributed by atoms with Crippen LogP contribution in [-0.2, 0) is 6.54 Å². The third-order valence-electron chi connectivity index (χ3n) is 1.53. The van der Waals surface area contributed by atoms with Gasteiger partial charge in [0.25, 0.3) is 0 Å². The molecule has 0 saturated carbocycles. The molecule has 1 aromatic carbocycles. The van der Waals surface area contributed by atoms with Crippen LogP contribution in [0.25, 0.3) is 0 Å². The summed E-state index contributed by atoms with van der Waals surface area (Å²) in [5.74, 6) is -0.192. The fourth-order valence-electron chi connectivity index (χ4n) is 0.921. The van der Waals surface area contributed by atoms with Gasteiger partial charge in [-0.1, -0.05) is 18.2 Å². The summed E-state index contributed by atoms with van der Waals surface area (Å²) in [6.07, 6.45) is 1.80. The molecule has 0 atom stereocenters. The van der Waals surface area contributed by atoms with Gasteiger partial charge >= 0.3 is 0 Å². The van der Waals surface area contributed by atoms with Crippen molar-refractivity contribution < 1.29 is 16.8 Å². The zero-order chi connectivity index (χ0) is 8.81. The largest absolute Gasteiger partial charge is 1.00 e. The van der Waals surface area contributed by atoms with Crippen molar-refractivity contribution in [1.29, 1.82) is 0 Å². The van der Waals surface area contributed by atoms with Gasteiger partial charge in [0.2, 0.25) is 0 Å². The summed E-state index contributed by atoms with van der Waals surface area (Å²) < 4.78 is 12.4. The van der Waals surface area contributed by atoms with Gasteiger partial charge in [0.15, 0.2) is 0 Å². The van der Waals surface area contributed by atoms with Gasteiger partial charge < -0.3 is 17.7 Å². The predicted octanol–water partition coefficient (Wildman–Crippen LogP) is -0.895. The zero-order valence-corrected chi connectivity index (χ0v) is 8.02. The molecule has 3 heteroatoms. The lowest BCUT2D eigenvalue weighted by atomic mass is 10.2. The van der Waals surface area contributed by atoms with E-state index in [0.29, 0.717) is 0 Å². The lowest BCUT2D eigenvalue weighted by Crippen LogP contribution is -3.00. The second-order valence-electron chi connectivity index (χ2n) is 2.55. The smallest absolute Gasteiger partial charge is 0.123 e. The lowest BCUT2D eigenvalue weighted by molar-refractivity contribution is -0.00000311. The third-order valence-corrected chi connectivity index (χ3v) is 1.53. The highest BCUT2D eigenvalue weighted by Crippen LogP contribution is 2.01. The normalized spacial score (nSPS) is 9.00. The molecule has 0 spiro atoms. The maximum absolute atomic E-state index is 12.4. The first-order chi connectivity index (χ1) is 5.83. The van der Waals surface area contributed by atoms with E-state index in [4.69, 9.17) is 0 Å². The van der Waals surface area contributed by atoms with Crippen molar-refractivity contribution in [3.8, 4) is 0 Å². The molecule has 0 bridgehead atoms. The zero-order valence-electron chi connectivity index (χ0n) is 7.26. The Morgan fingerprint density at radius 1 is 1.31 bits per heavy atom. The number of hydrogen-bond donors (Lipinski definition) is 1. The molecule has 0 unspecified atom stereocenters. The maximum Gasteiger partial charge on any atom is 0.123 e. The minimum Gasteiger partial charge on any atom is -1.00 e. The van der Waals surface area contributed by atoms with E-state index in [1.54, 1.807) is 18.2 Å². The van der Waals surface area contributed by atoms with Gasteiger partial charge in [-0.2, -0.15) is 0 Å². The summed E-state index contributed by atoms with van der Waals surface area (Å²) >= 11 is 0. The fraction of sp³-hybridized carbons (Fsp3) is 0.200. The van der Waals surface area contributed by atoms with Gasteiger partial charge in [-0.15, -0.1) is 6.58 Å². The molecule has 0 saturated heterocycles. The Kier molecular flexibility index (Phi) is 6.20. The van der Waals surface area contributed by atoms with Crippen LogP contribution >= 0.6 is 0 Å². The van der Waals surface area contributed by atoms with Crippen LogP contribution in [0.4, 0.5) is 4.39 Å². The molecular formula is C10H12ClFN-. The molecule has 0 amide bonds. The van der Waals surface area contributed by atoms with E-state index < -0.39 is 0 Å². The molecule has 1 rings (SSSR count). The number of halogens is 2. The Hall–Kier alpha value is -0.860. The van der Waals surface area contributed by atoms with Crippen LogP contribution in [0.3, 0.4) is 0 Å². The lowest BCUT2D eigenvalue weighted by Gasteiger charge is -2.00. The van der Waals surface area contributed by atoms with Crippen molar-refractivity contribution in [3.05, 3.63) is 48.3 Å². The van der Waals surface area contributed by atoms with Crippen molar-refractivity contribution in [3.63, 3.8) is 0 Å². The summed E-state index contributed by atoms with van der Waals surface area (Å²) in [5.41, 5.74) is 1.08. The van der Waals surface area contributed by atoms with Crippen molar-refractivity contribution in [2.75, 3.05) is 6.54 Å². The highest BCUT2D eigenvalue weighted by Gasteiger charge is 1.91. The quantitative estimate of drug-likeness (QED) is 0.491. The molecule has 1 nitrogen and oxygen atoms in total. The van der Waals surface area contributed by atoms with E-state index in [0.717, 1.165) is 18.7 Å². The van der Waals surface area contributed by atoms with Crippen molar-refractivity contribution in [1.82, 2.24) is 5.32 Å². The highest BCUT2D eigenvalue weighted by atomic mass is 35.5. The van der Waals surface area contributed by atoms with Crippen LogP contribution in [0, 0.1) is 5.82 Å². The molecular weight excluding hydrogens is 189 g/mol. The van der Waals surface area contributed by atoms with Crippen LogP contribution < -0.4 is 17.7 Å². The maximum atomic E-state index is 12.4. The first kappa shape index (κ1) is 12.1. The van der Waals surface area contributed by atoms with Crippen molar-refractivity contribution in [2.24, 2.45) is 0 Å². The molecule has 1 N–H and O–H groups in total. The van der Waals surface area contributed by atoms with E-state index in [-0.39, 0.29) is 18.2 Å². The van der Waals surface area contributed by atoms with Gasteiger partial charge in [-0.05, 0) is 17.7 Å². The van der Waals surface area contributed by atoms with E-state index in [1.165, 1.54) is 12.1 Å². The Bertz CT molecular complexity index is 246. The van der Waals surface area contributed by atoms with E-state index in [1.807, 2.05) is 0 Å². The van der Waals surface area contributed by atoms with Gasteiger partial charge in [-0.3, -0.25) is 0 Å². The fourth-order valence-corrected chi connectivity index (χ4v) is 0.921. The summed E-state index contributed by atoms with van der Waals surface area (Å²) in [6.45, 7) is 5.11. The summed E-state index contributed by atoms with van der Waals surface area (Å²) in [6, 6.07) is 6.46. The molecule has 0 aliphatic rings. The second kappa shape index (κ2) is 6.63. The summed E-state index contributed by atoms with van der Waals surface area (Å²) in [4.78, 5) is 0. The average molecular weight is 201 g/mol. The van der Waals surface area contributed by atoms with Gasteiger partial charge in [0.1, 0.15) is 5.82 Å². The van der Waals surface area contributed by atoms with E-state index in [2.05, 4.69) is 11.9 Å². The SMILES string of the molecule is C=CCNCc1ccc(F)cc1.[Cl-]. The Morgan fingerprint density at radius 2 is 1.92 bits per heavy atom. The second-order valence-corrected chi connectivity index (χ2v) is 2.55. The van der Waals surface area contributed by atoms with Crippen molar-refractivity contribution in [2.45, 2.75) is 6.54 Å². The molecule has 13 heavy (non-hydrogen) atoms. The first-order valence-electron chi connectivity index (χ1n) is 3.89. The standard InChI is InChI=1S/C10H12FN.ClH/c1-2-7-12-8-9-3-5-10(11)6-4-9;/h2-6,12H,1,7-8H2;1H/p-1. The molecule has 0 aliphatic heterocycles. The Labute approximate surface area is 84.1 Å². The Balaban J connectivity index is 0.00000144. The monoisotopic (exact) mass is 200 g/mol. The predicted molar refractivity (Wildman–Crippen MR) is 48.3 cm³/mol. The first-order valence-corrected chi connectivity index (χ1v) is 3.89. The number of rotatable bonds is 4. The van der Waals surface area contributed by atoms with Crippen LogP contribution in [0.15, 0.2) is 36.9 Å². The van der Waals surface area contributed by atoms with Crippen LogP contribution in [0.5, 0.6) is 0 Å². The van der Waals surface area contributed by atoms with E-state index in [9.17, 15) is 4.39 Å². The topological polar surface area (TPSA) is 12.0 Å². The highest BCUT2D eigenvalue weighted by molar-refractivity contribution is 5.15. The molecule has 0 aliphatic carbocycles. The minimum absolute atomic E-state index is 0. The number of benzene rings is 1.